The van der Waals surface area contributed by atoms with Crippen molar-refractivity contribution in [1.29, 1.82) is 0 Å². The topological polar surface area (TPSA) is 146 Å². The zero-order chi connectivity index (χ0) is 26.6. The van der Waals surface area contributed by atoms with Crippen LogP contribution in [0.4, 0.5) is 13.2 Å². The summed E-state index contributed by atoms with van der Waals surface area (Å²) in [5.41, 5.74) is 2.06. The summed E-state index contributed by atoms with van der Waals surface area (Å²) in [6.45, 7) is 1.41. The first-order chi connectivity index (χ1) is 16.9. The van der Waals surface area contributed by atoms with E-state index in [9.17, 15) is 32.7 Å². The van der Waals surface area contributed by atoms with Gasteiger partial charge >= 0.3 is 12.1 Å². The lowest BCUT2D eigenvalue weighted by molar-refractivity contribution is -0.138. The minimum Gasteiger partial charge on any atom is -0.504 e. The number of alkyl halides is 3. The summed E-state index contributed by atoms with van der Waals surface area (Å²) in [7, 11) is 1.50. The number of hydrogen-bond acceptors (Lipinski definition) is 7. The van der Waals surface area contributed by atoms with E-state index in [1.807, 2.05) is 0 Å². The van der Waals surface area contributed by atoms with Crippen LogP contribution in [0.2, 0.25) is 0 Å². The Hall–Kier alpha value is -4.20. The smallest absolute Gasteiger partial charge is 0.416 e. The van der Waals surface area contributed by atoms with Gasteiger partial charge in [0.25, 0.3) is 11.8 Å². The highest BCUT2D eigenvalue weighted by atomic mass is 32.1. The first-order valence-electron chi connectivity index (χ1n) is 10.3. The fourth-order valence-electron chi connectivity index (χ4n) is 3.09. The summed E-state index contributed by atoms with van der Waals surface area (Å²) in [4.78, 5) is 35.3. The average molecular weight is 523 g/mol. The average Bonchev–Trinajstić information content (AvgIpc) is 3.41. The molecule has 36 heavy (non-hydrogen) atoms. The summed E-state index contributed by atoms with van der Waals surface area (Å²) in [6, 6.07) is 7.02. The number of nitrogens with one attached hydrogen (secondary N) is 2. The van der Waals surface area contributed by atoms with E-state index in [0.717, 1.165) is 23.5 Å². The van der Waals surface area contributed by atoms with Gasteiger partial charge in [-0.15, -0.1) is 11.3 Å². The van der Waals surface area contributed by atoms with E-state index >= 15 is 0 Å². The first-order valence-corrected chi connectivity index (χ1v) is 11.1. The molecule has 0 aliphatic carbocycles. The third kappa shape index (κ3) is 6.07. The van der Waals surface area contributed by atoms with Crippen molar-refractivity contribution in [2.24, 2.45) is 12.1 Å². The predicted octanol–water partition coefficient (Wildman–Crippen LogP) is 3.23. The summed E-state index contributed by atoms with van der Waals surface area (Å²) >= 11 is 0.875. The summed E-state index contributed by atoms with van der Waals surface area (Å²) in [5.74, 6) is -2.54. The van der Waals surface area contributed by atoms with Crippen molar-refractivity contribution in [2.45, 2.75) is 19.5 Å². The molecule has 2 aromatic heterocycles. The Balaban J connectivity index is 1.71. The molecule has 0 spiro atoms. The number of amides is 2. The van der Waals surface area contributed by atoms with Gasteiger partial charge in [0.05, 0.1) is 27.5 Å². The Bertz CT molecular complexity index is 1330. The van der Waals surface area contributed by atoms with E-state index in [-0.39, 0.29) is 45.6 Å². The van der Waals surface area contributed by atoms with Crippen LogP contribution in [0.5, 0.6) is 5.75 Å². The molecule has 0 aliphatic rings. The summed E-state index contributed by atoms with van der Waals surface area (Å²) in [6.07, 6.45) is -4.73. The molecule has 0 saturated carbocycles. The van der Waals surface area contributed by atoms with Gasteiger partial charge in [0.2, 0.25) is 0 Å². The number of aliphatic carboxylic acids is 1. The van der Waals surface area contributed by atoms with Crippen molar-refractivity contribution in [1.82, 2.24) is 20.5 Å². The van der Waals surface area contributed by atoms with E-state index in [1.54, 1.807) is 0 Å². The number of carboxylic acids is 1. The predicted molar refractivity (Wildman–Crippen MR) is 124 cm³/mol. The van der Waals surface area contributed by atoms with Gasteiger partial charge in [-0.1, -0.05) is 12.1 Å². The van der Waals surface area contributed by atoms with Gasteiger partial charge < -0.3 is 15.5 Å². The third-order valence-electron chi connectivity index (χ3n) is 4.85. The van der Waals surface area contributed by atoms with Crippen molar-refractivity contribution in [2.75, 3.05) is 6.54 Å². The van der Waals surface area contributed by atoms with Crippen molar-refractivity contribution in [3.05, 3.63) is 57.4 Å². The lowest BCUT2D eigenvalue weighted by Gasteiger charge is -2.08. The number of hydrogen-bond donors (Lipinski definition) is 4. The number of carbonyl (C=O) groups is 3. The highest BCUT2D eigenvalue weighted by Crippen LogP contribution is 2.35. The van der Waals surface area contributed by atoms with Crippen LogP contribution in [0.1, 0.15) is 43.9 Å². The molecular weight excluding hydrogens is 503 g/mol. The van der Waals surface area contributed by atoms with Crippen molar-refractivity contribution < 1.29 is 37.8 Å². The minimum absolute atomic E-state index is 0.0115. The molecule has 10 nitrogen and oxygen atoms in total. The number of hydrazone groups is 1. The van der Waals surface area contributed by atoms with Crippen molar-refractivity contribution in [3.63, 3.8) is 0 Å². The molecule has 0 saturated heterocycles. The lowest BCUT2D eigenvalue weighted by Crippen LogP contribution is -2.25. The molecule has 2 heterocycles. The molecule has 0 unspecified atom stereocenters. The molecule has 0 fully saturated rings. The van der Waals surface area contributed by atoms with Gasteiger partial charge in [0.1, 0.15) is 5.69 Å². The lowest BCUT2D eigenvalue weighted by atomic mass is 10.1. The van der Waals surface area contributed by atoms with Gasteiger partial charge in [-0.25, -0.2) is 5.43 Å². The molecule has 0 atom stereocenters. The molecule has 190 valence electrons. The Morgan fingerprint density at radius 3 is 2.28 bits per heavy atom. The van der Waals surface area contributed by atoms with E-state index in [0.29, 0.717) is 5.56 Å². The molecule has 3 rings (SSSR count). The molecule has 4 N–H and O–H groups in total. The van der Waals surface area contributed by atoms with Gasteiger partial charge in [0, 0.05) is 19.2 Å². The number of halogens is 3. The second-order valence-corrected chi connectivity index (χ2v) is 8.53. The molecule has 14 heteroatoms. The number of aryl methyl sites for hydroxylation is 1. The molecule has 1 aromatic carbocycles. The molecule has 0 radical (unpaired) electrons. The normalized spacial score (nSPS) is 11.9. The van der Waals surface area contributed by atoms with Crippen LogP contribution in [-0.2, 0) is 18.0 Å². The second kappa shape index (κ2) is 10.6. The third-order valence-corrected chi connectivity index (χ3v) is 5.94. The Morgan fingerprint density at radius 2 is 1.69 bits per heavy atom. The quantitative estimate of drug-likeness (QED) is 0.263. The highest BCUT2D eigenvalue weighted by Gasteiger charge is 2.30. The van der Waals surface area contributed by atoms with Crippen LogP contribution in [0, 0.1) is 0 Å². The maximum atomic E-state index is 12.8. The van der Waals surface area contributed by atoms with Crippen LogP contribution in [0.3, 0.4) is 0 Å². The number of carboxylic acid groups (broad SMARTS) is 1. The Kier molecular flexibility index (Phi) is 7.77. The summed E-state index contributed by atoms with van der Waals surface area (Å²) < 4.78 is 39.8. The fourth-order valence-corrected chi connectivity index (χ4v) is 3.90. The Labute approximate surface area is 206 Å². The monoisotopic (exact) mass is 523 g/mol. The van der Waals surface area contributed by atoms with E-state index in [4.69, 9.17) is 5.11 Å². The maximum Gasteiger partial charge on any atom is 0.416 e. The standard InChI is InChI=1S/C22H20F3N5O5S/c1-11(27-28-21(35)15-8-7-14(36-15)20(34)26-10-9-16(31)32)17-19(33)18(30(2)29-17)12-3-5-13(6-4-12)22(23,24)25/h3-8,33H,9-10H2,1-2H3,(H,26,34)(H,28,35)(H,31,32). The van der Waals surface area contributed by atoms with Crippen LogP contribution < -0.4 is 10.7 Å². The number of carbonyl (C=O) groups excluding carboxylic acids is 2. The fraction of sp³-hybridized carbons (Fsp3) is 0.227. The van der Waals surface area contributed by atoms with Crippen molar-refractivity contribution in [3.8, 4) is 17.0 Å². The van der Waals surface area contributed by atoms with Crippen LogP contribution in [0.15, 0.2) is 41.5 Å². The Morgan fingerprint density at radius 1 is 1.08 bits per heavy atom. The van der Waals surface area contributed by atoms with Gasteiger partial charge in [0.15, 0.2) is 11.4 Å². The largest absolute Gasteiger partial charge is 0.504 e. The highest BCUT2D eigenvalue weighted by molar-refractivity contribution is 7.15. The zero-order valence-corrected chi connectivity index (χ0v) is 19.7. The van der Waals surface area contributed by atoms with Crippen LogP contribution in [-0.4, -0.2) is 50.0 Å². The number of thiophene rings is 1. The number of aromatic hydroxyl groups is 1. The maximum absolute atomic E-state index is 12.8. The molecule has 0 aliphatic heterocycles. The molecule has 3 aromatic rings. The van der Waals surface area contributed by atoms with E-state index < -0.39 is 29.5 Å². The molecular formula is C22H20F3N5O5S. The van der Waals surface area contributed by atoms with Crippen LogP contribution >= 0.6 is 11.3 Å². The number of nitrogens with zero attached hydrogens (tertiary/aromatic N) is 3. The SMILES string of the molecule is CC(=NNC(=O)c1ccc(C(=O)NCCC(=O)O)s1)c1nn(C)c(-c2ccc(C(F)(F)F)cc2)c1O. The van der Waals surface area contributed by atoms with Gasteiger partial charge in [-0.3, -0.25) is 19.1 Å². The van der Waals surface area contributed by atoms with E-state index in [1.165, 1.54) is 42.9 Å². The van der Waals surface area contributed by atoms with Gasteiger partial charge in [-0.05, 0) is 31.2 Å². The summed E-state index contributed by atoms with van der Waals surface area (Å²) in [5, 5.41) is 29.8. The van der Waals surface area contributed by atoms with Crippen molar-refractivity contribution >= 4 is 34.8 Å². The zero-order valence-electron chi connectivity index (χ0n) is 18.9. The second-order valence-electron chi connectivity index (χ2n) is 7.45. The number of rotatable bonds is 8. The first kappa shape index (κ1) is 26.4. The number of benzene rings is 1. The molecule has 0 bridgehead atoms. The van der Waals surface area contributed by atoms with Gasteiger partial charge in [-0.2, -0.15) is 23.4 Å². The number of aromatic nitrogens is 2. The minimum atomic E-state index is -4.49. The van der Waals surface area contributed by atoms with E-state index in [2.05, 4.69) is 20.9 Å². The van der Waals surface area contributed by atoms with Crippen LogP contribution in [0.25, 0.3) is 11.3 Å². The molecule has 2 amide bonds.